The molecule has 0 aliphatic heterocycles. The predicted molar refractivity (Wildman–Crippen MR) is 87.0 cm³/mol. The molecular weight excluding hydrogens is 260 g/mol. The molecule has 1 N–H and O–H groups in total. The zero-order valence-corrected chi connectivity index (χ0v) is 13.5. The van der Waals surface area contributed by atoms with Crippen LogP contribution in [-0.2, 0) is 19.6 Å². The van der Waals surface area contributed by atoms with Crippen LogP contribution in [0.15, 0.2) is 40.8 Å². The summed E-state index contributed by atoms with van der Waals surface area (Å²) in [4.78, 5) is 2.28. The van der Waals surface area contributed by atoms with Gasteiger partial charge in [0, 0.05) is 19.1 Å². The van der Waals surface area contributed by atoms with E-state index in [0.717, 1.165) is 31.2 Å². The van der Waals surface area contributed by atoms with Crippen LogP contribution in [0.1, 0.15) is 36.5 Å². The number of furan rings is 1. The van der Waals surface area contributed by atoms with Crippen LogP contribution >= 0.6 is 0 Å². The second kappa shape index (κ2) is 7.43. The molecule has 0 unspecified atom stereocenters. The molecule has 1 heterocycles. The Morgan fingerprint density at radius 1 is 1.05 bits per heavy atom. The van der Waals surface area contributed by atoms with Gasteiger partial charge < -0.3 is 9.73 Å². The fourth-order valence-electron chi connectivity index (χ4n) is 2.38. The van der Waals surface area contributed by atoms with E-state index >= 15 is 0 Å². The normalized spacial score (nSPS) is 11.5. The summed E-state index contributed by atoms with van der Waals surface area (Å²) < 4.78 is 5.65. The van der Waals surface area contributed by atoms with Crippen LogP contribution in [0.5, 0.6) is 0 Å². The first-order chi connectivity index (χ1) is 10.0. The average Bonchev–Trinajstić information content (AvgIpc) is 2.83. The van der Waals surface area contributed by atoms with Crippen LogP contribution < -0.4 is 5.32 Å². The maximum Gasteiger partial charge on any atom is 0.118 e. The number of nitrogens with zero attached hydrogens (tertiary/aromatic N) is 1. The van der Waals surface area contributed by atoms with E-state index in [1.807, 2.05) is 13.0 Å². The molecule has 0 fully saturated rings. The molecule has 2 aromatic rings. The molecule has 3 heteroatoms. The number of nitrogens with one attached hydrogen (secondary N) is 1. The predicted octanol–water partition coefficient (Wildman–Crippen LogP) is 3.72. The van der Waals surface area contributed by atoms with E-state index in [1.165, 1.54) is 11.1 Å². The Morgan fingerprint density at radius 2 is 1.76 bits per heavy atom. The maximum atomic E-state index is 5.65. The van der Waals surface area contributed by atoms with Crippen molar-refractivity contribution in [2.24, 2.45) is 0 Å². The monoisotopic (exact) mass is 286 g/mol. The second-order valence-corrected chi connectivity index (χ2v) is 5.99. The van der Waals surface area contributed by atoms with Gasteiger partial charge in [0.1, 0.15) is 11.5 Å². The topological polar surface area (TPSA) is 28.4 Å². The van der Waals surface area contributed by atoms with Crippen molar-refractivity contribution in [1.29, 1.82) is 0 Å². The smallest absolute Gasteiger partial charge is 0.118 e. The highest BCUT2D eigenvalue weighted by Gasteiger charge is 2.08. The summed E-state index contributed by atoms with van der Waals surface area (Å²) in [6.45, 7) is 9.01. The standard InChI is InChI=1S/C18H26N2O/c1-14(2)19-11-16-7-5-6-8-17(16)12-20(4)13-18-10-9-15(3)21-18/h5-10,14,19H,11-13H2,1-4H3. The van der Waals surface area contributed by atoms with Crippen molar-refractivity contribution >= 4 is 0 Å². The zero-order chi connectivity index (χ0) is 15.2. The van der Waals surface area contributed by atoms with Gasteiger partial charge >= 0.3 is 0 Å². The third-order valence-electron chi connectivity index (χ3n) is 3.48. The first kappa shape index (κ1) is 15.8. The van der Waals surface area contributed by atoms with Crippen molar-refractivity contribution in [3.05, 3.63) is 59.0 Å². The Morgan fingerprint density at radius 3 is 2.38 bits per heavy atom. The summed E-state index contributed by atoms with van der Waals surface area (Å²) in [7, 11) is 2.13. The molecule has 0 radical (unpaired) electrons. The van der Waals surface area contributed by atoms with Crippen molar-refractivity contribution < 1.29 is 4.42 Å². The van der Waals surface area contributed by atoms with Gasteiger partial charge in [-0.3, -0.25) is 4.90 Å². The lowest BCUT2D eigenvalue weighted by Crippen LogP contribution is -2.24. The third kappa shape index (κ3) is 5.03. The van der Waals surface area contributed by atoms with Crippen LogP contribution in [-0.4, -0.2) is 18.0 Å². The summed E-state index contributed by atoms with van der Waals surface area (Å²) in [6, 6.07) is 13.2. The molecule has 3 nitrogen and oxygen atoms in total. The van der Waals surface area contributed by atoms with Crippen LogP contribution in [0.25, 0.3) is 0 Å². The first-order valence-corrected chi connectivity index (χ1v) is 7.58. The highest BCUT2D eigenvalue weighted by Crippen LogP contribution is 2.14. The number of hydrogen-bond donors (Lipinski definition) is 1. The number of hydrogen-bond acceptors (Lipinski definition) is 3. The third-order valence-corrected chi connectivity index (χ3v) is 3.48. The quantitative estimate of drug-likeness (QED) is 0.841. The van der Waals surface area contributed by atoms with Crippen molar-refractivity contribution in [1.82, 2.24) is 10.2 Å². The minimum Gasteiger partial charge on any atom is -0.465 e. The molecule has 0 saturated carbocycles. The highest BCUT2D eigenvalue weighted by atomic mass is 16.3. The van der Waals surface area contributed by atoms with Gasteiger partial charge in [-0.15, -0.1) is 0 Å². The van der Waals surface area contributed by atoms with Gasteiger partial charge in [0.15, 0.2) is 0 Å². The van der Waals surface area contributed by atoms with Crippen molar-refractivity contribution in [2.75, 3.05) is 7.05 Å². The van der Waals surface area contributed by atoms with Crippen LogP contribution in [0, 0.1) is 6.92 Å². The molecule has 0 aliphatic carbocycles. The molecule has 114 valence electrons. The maximum absolute atomic E-state index is 5.65. The fourth-order valence-corrected chi connectivity index (χ4v) is 2.38. The van der Waals surface area contributed by atoms with E-state index in [-0.39, 0.29) is 0 Å². The molecule has 1 aromatic carbocycles. The zero-order valence-electron chi connectivity index (χ0n) is 13.5. The molecular formula is C18H26N2O. The second-order valence-electron chi connectivity index (χ2n) is 5.99. The number of rotatable bonds is 7. The van der Waals surface area contributed by atoms with Crippen LogP contribution in [0.2, 0.25) is 0 Å². The van der Waals surface area contributed by atoms with Crippen LogP contribution in [0.4, 0.5) is 0 Å². The Hall–Kier alpha value is -1.58. The van der Waals surface area contributed by atoms with Gasteiger partial charge in [-0.25, -0.2) is 0 Å². The largest absolute Gasteiger partial charge is 0.465 e. The van der Waals surface area contributed by atoms with Crippen molar-refractivity contribution in [3.63, 3.8) is 0 Å². The summed E-state index contributed by atoms with van der Waals surface area (Å²) in [5.74, 6) is 1.99. The Kier molecular flexibility index (Phi) is 5.59. The van der Waals surface area contributed by atoms with Gasteiger partial charge in [0.25, 0.3) is 0 Å². The van der Waals surface area contributed by atoms with E-state index < -0.39 is 0 Å². The average molecular weight is 286 g/mol. The Bertz CT molecular complexity index is 560. The van der Waals surface area contributed by atoms with Gasteiger partial charge in [-0.05, 0) is 37.2 Å². The highest BCUT2D eigenvalue weighted by molar-refractivity contribution is 5.27. The SMILES string of the molecule is Cc1ccc(CN(C)Cc2ccccc2CNC(C)C)o1. The van der Waals surface area contributed by atoms with Gasteiger partial charge in [0.05, 0.1) is 6.54 Å². The van der Waals surface area contributed by atoms with E-state index in [1.54, 1.807) is 0 Å². The summed E-state index contributed by atoms with van der Waals surface area (Å²) in [5.41, 5.74) is 2.74. The van der Waals surface area contributed by atoms with E-state index in [2.05, 4.69) is 61.4 Å². The molecule has 0 amide bonds. The molecule has 1 aromatic heterocycles. The molecule has 21 heavy (non-hydrogen) atoms. The summed E-state index contributed by atoms with van der Waals surface area (Å²) in [6.07, 6.45) is 0. The van der Waals surface area contributed by atoms with Gasteiger partial charge in [0.2, 0.25) is 0 Å². The molecule has 0 saturated heterocycles. The minimum atomic E-state index is 0.502. The summed E-state index contributed by atoms with van der Waals surface area (Å²) in [5, 5.41) is 3.49. The van der Waals surface area contributed by atoms with E-state index in [4.69, 9.17) is 4.42 Å². The van der Waals surface area contributed by atoms with Crippen molar-refractivity contribution in [3.8, 4) is 0 Å². The van der Waals surface area contributed by atoms with Gasteiger partial charge in [-0.2, -0.15) is 0 Å². The van der Waals surface area contributed by atoms with Crippen molar-refractivity contribution in [2.45, 2.75) is 46.4 Å². The molecule has 0 atom stereocenters. The number of benzene rings is 1. The minimum absolute atomic E-state index is 0.502. The number of aryl methyl sites for hydroxylation is 1. The molecule has 0 bridgehead atoms. The Labute approximate surface area is 128 Å². The van der Waals surface area contributed by atoms with Crippen LogP contribution in [0.3, 0.4) is 0 Å². The molecule has 2 rings (SSSR count). The van der Waals surface area contributed by atoms with Gasteiger partial charge in [-0.1, -0.05) is 38.1 Å². The summed E-state index contributed by atoms with van der Waals surface area (Å²) >= 11 is 0. The first-order valence-electron chi connectivity index (χ1n) is 7.58. The lowest BCUT2D eigenvalue weighted by atomic mass is 10.1. The Balaban J connectivity index is 1.98. The lowest BCUT2D eigenvalue weighted by molar-refractivity contribution is 0.284. The lowest BCUT2D eigenvalue weighted by Gasteiger charge is -2.18. The molecule has 0 aliphatic rings. The fraction of sp³-hybridized carbons (Fsp3) is 0.444. The van der Waals surface area contributed by atoms with E-state index in [0.29, 0.717) is 6.04 Å². The van der Waals surface area contributed by atoms with E-state index in [9.17, 15) is 0 Å². The molecule has 0 spiro atoms.